The minimum Gasteiger partial charge on any atom is -0.780 e. The third-order valence-electron chi connectivity index (χ3n) is 2.45. The summed E-state index contributed by atoms with van der Waals surface area (Å²) < 4.78 is 0. The first-order valence-corrected chi connectivity index (χ1v) is 5.18. The van der Waals surface area contributed by atoms with Crippen LogP contribution in [0.25, 0.3) is 5.57 Å². The van der Waals surface area contributed by atoms with Crippen LogP contribution < -0.4 is 5.32 Å². The van der Waals surface area contributed by atoms with E-state index in [1.54, 1.807) is 0 Å². The molecular formula is C12H14NS-. The fourth-order valence-corrected chi connectivity index (χ4v) is 2.15. The van der Waals surface area contributed by atoms with Gasteiger partial charge in [0.1, 0.15) is 0 Å². The van der Waals surface area contributed by atoms with E-state index in [2.05, 4.69) is 44.3 Å². The normalized spacial score (nSPS) is 18.1. The van der Waals surface area contributed by atoms with Gasteiger partial charge in [0.25, 0.3) is 0 Å². The van der Waals surface area contributed by atoms with Gasteiger partial charge in [-0.1, -0.05) is 18.2 Å². The summed E-state index contributed by atoms with van der Waals surface area (Å²) in [6.07, 6.45) is 2.24. The van der Waals surface area contributed by atoms with Crippen molar-refractivity contribution in [2.24, 2.45) is 0 Å². The first-order chi connectivity index (χ1) is 6.48. The van der Waals surface area contributed by atoms with Crippen LogP contribution >= 0.6 is 0 Å². The standard InChI is InChI=1S/C12H15NS/c1-8-7-12(2,3)13-11-5-4-9(14)6-10(8)11/h4-7,13-14H,1-3H3/p-1. The van der Waals surface area contributed by atoms with Crippen molar-refractivity contribution in [3.05, 3.63) is 29.8 Å². The second-order valence-electron chi connectivity index (χ2n) is 4.38. The third kappa shape index (κ3) is 1.62. The summed E-state index contributed by atoms with van der Waals surface area (Å²) >= 11 is 5.15. The molecule has 74 valence electrons. The summed E-state index contributed by atoms with van der Waals surface area (Å²) in [6.45, 7) is 6.47. The number of rotatable bonds is 0. The van der Waals surface area contributed by atoms with Gasteiger partial charge in [-0.2, -0.15) is 4.90 Å². The molecule has 1 aromatic rings. The fraction of sp³-hybridized carbons (Fsp3) is 0.333. The Balaban J connectivity index is 2.56. The average Bonchev–Trinajstić information content (AvgIpc) is 2.05. The van der Waals surface area contributed by atoms with Gasteiger partial charge in [0.15, 0.2) is 0 Å². The fourth-order valence-electron chi connectivity index (χ4n) is 1.96. The average molecular weight is 204 g/mol. The molecule has 0 spiro atoms. The van der Waals surface area contributed by atoms with Gasteiger partial charge in [0.05, 0.1) is 5.54 Å². The number of nitrogens with one attached hydrogen (secondary N) is 1. The predicted octanol–water partition coefficient (Wildman–Crippen LogP) is 3.20. The topological polar surface area (TPSA) is 12.0 Å². The molecule has 1 nitrogen and oxygen atoms in total. The van der Waals surface area contributed by atoms with Crippen LogP contribution in [0.1, 0.15) is 26.3 Å². The van der Waals surface area contributed by atoms with Crippen LogP contribution in [0.15, 0.2) is 29.2 Å². The van der Waals surface area contributed by atoms with Crippen molar-refractivity contribution >= 4 is 23.9 Å². The first kappa shape index (κ1) is 9.53. The van der Waals surface area contributed by atoms with Crippen LogP contribution in [0.5, 0.6) is 0 Å². The van der Waals surface area contributed by atoms with Crippen LogP contribution in [-0.2, 0) is 12.6 Å². The van der Waals surface area contributed by atoms with Gasteiger partial charge >= 0.3 is 0 Å². The van der Waals surface area contributed by atoms with Crippen LogP contribution in [0.3, 0.4) is 0 Å². The monoisotopic (exact) mass is 204 g/mol. The summed E-state index contributed by atoms with van der Waals surface area (Å²) in [5.74, 6) is 0. The Morgan fingerprint density at radius 2 is 2.00 bits per heavy atom. The van der Waals surface area contributed by atoms with Crippen LogP contribution in [0.2, 0.25) is 0 Å². The maximum atomic E-state index is 5.15. The highest BCUT2D eigenvalue weighted by atomic mass is 32.1. The van der Waals surface area contributed by atoms with Crippen molar-refractivity contribution in [2.75, 3.05) is 5.32 Å². The number of allylic oxidation sites excluding steroid dienone is 1. The molecule has 0 radical (unpaired) electrons. The molecule has 2 rings (SSSR count). The van der Waals surface area contributed by atoms with Crippen LogP contribution in [-0.4, -0.2) is 5.54 Å². The molecule has 1 N–H and O–H groups in total. The van der Waals surface area contributed by atoms with Gasteiger partial charge in [0.2, 0.25) is 0 Å². The molecule has 1 heterocycles. The van der Waals surface area contributed by atoms with E-state index in [-0.39, 0.29) is 5.54 Å². The molecule has 0 saturated heterocycles. The van der Waals surface area contributed by atoms with Gasteiger partial charge in [-0.3, -0.25) is 0 Å². The van der Waals surface area contributed by atoms with Crippen molar-refractivity contribution in [3.8, 4) is 0 Å². The highest BCUT2D eigenvalue weighted by molar-refractivity contribution is 7.58. The Bertz CT molecular complexity index is 405. The second kappa shape index (κ2) is 2.99. The van der Waals surface area contributed by atoms with Gasteiger partial charge in [-0.05, 0) is 38.0 Å². The molecule has 0 bridgehead atoms. The summed E-state index contributed by atoms with van der Waals surface area (Å²) in [4.78, 5) is 0.901. The zero-order chi connectivity index (χ0) is 10.3. The van der Waals surface area contributed by atoms with E-state index < -0.39 is 0 Å². The quantitative estimate of drug-likeness (QED) is 0.651. The third-order valence-corrected chi connectivity index (χ3v) is 2.70. The number of anilines is 1. The maximum Gasteiger partial charge on any atom is 0.0505 e. The lowest BCUT2D eigenvalue weighted by atomic mass is 9.91. The Labute approximate surface area is 90.6 Å². The Kier molecular flexibility index (Phi) is 2.04. The highest BCUT2D eigenvalue weighted by Crippen LogP contribution is 2.33. The number of benzene rings is 1. The molecule has 0 saturated carbocycles. The minimum absolute atomic E-state index is 0.0417. The summed E-state index contributed by atoms with van der Waals surface area (Å²) in [5, 5.41) is 3.47. The molecule has 0 amide bonds. The molecule has 0 unspecified atom stereocenters. The minimum atomic E-state index is 0.0417. The zero-order valence-corrected chi connectivity index (χ0v) is 9.53. The molecule has 0 aromatic heterocycles. The lowest BCUT2D eigenvalue weighted by Crippen LogP contribution is -2.31. The smallest absolute Gasteiger partial charge is 0.0505 e. The van der Waals surface area contributed by atoms with E-state index in [1.807, 2.05) is 6.07 Å². The molecule has 1 aliphatic heterocycles. The predicted molar refractivity (Wildman–Crippen MR) is 63.4 cm³/mol. The maximum absolute atomic E-state index is 5.15. The van der Waals surface area contributed by atoms with Gasteiger partial charge in [-0.25, -0.2) is 0 Å². The number of hydrogen-bond donors (Lipinski definition) is 1. The number of hydrogen-bond acceptors (Lipinski definition) is 2. The lowest BCUT2D eigenvalue weighted by molar-refractivity contribution is 0.707. The molecule has 1 aromatic carbocycles. The van der Waals surface area contributed by atoms with Gasteiger partial charge in [-0.15, -0.1) is 0 Å². The highest BCUT2D eigenvalue weighted by Gasteiger charge is 2.21. The first-order valence-electron chi connectivity index (χ1n) is 4.77. The van der Waals surface area contributed by atoms with E-state index in [0.717, 1.165) is 4.90 Å². The molecule has 2 heteroatoms. The van der Waals surface area contributed by atoms with E-state index in [9.17, 15) is 0 Å². The van der Waals surface area contributed by atoms with Crippen molar-refractivity contribution in [1.82, 2.24) is 0 Å². The van der Waals surface area contributed by atoms with Crippen molar-refractivity contribution in [1.29, 1.82) is 0 Å². The zero-order valence-electron chi connectivity index (χ0n) is 8.72. The SMILES string of the molecule is CC1=CC(C)(C)Nc2ccc([S-])cc21. The summed E-state index contributed by atoms with van der Waals surface area (Å²) in [6, 6.07) is 6.09. The molecule has 0 aliphatic carbocycles. The molecule has 0 atom stereocenters. The van der Waals surface area contributed by atoms with Crippen molar-refractivity contribution < 1.29 is 0 Å². The van der Waals surface area contributed by atoms with E-state index in [4.69, 9.17) is 12.6 Å². The summed E-state index contributed by atoms with van der Waals surface area (Å²) in [7, 11) is 0. The van der Waals surface area contributed by atoms with Crippen molar-refractivity contribution in [3.63, 3.8) is 0 Å². The number of fused-ring (bicyclic) bond motifs is 1. The Morgan fingerprint density at radius 1 is 1.29 bits per heavy atom. The van der Waals surface area contributed by atoms with Crippen LogP contribution in [0, 0.1) is 0 Å². The van der Waals surface area contributed by atoms with Crippen LogP contribution in [0.4, 0.5) is 5.69 Å². The largest absolute Gasteiger partial charge is 0.780 e. The Morgan fingerprint density at radius 3 is 2.71 bits per heavy atom. The van der Waals surface area contributed by atoms with Crippen molar-refractivity contribution in [2.45, 2.75) is 31.2 Å². The Hall–Kier alpha value is -1.02. The van der Waals surface area contributed by atoms with E-state index >= 15 is 0 Å². The molecular weight excluding hydrogens is 190 g/mol. The second-order valence-corrected chi connectivity index (χ2v) is 4.85. The van der Waals surface area contributed by atoms with E-state index in [1.165, 1.54) is 16.8 Å². The van der Waals surface area contributed by atoms with E-state index in [0.29, 0.717) is 0 Å². The molecule has 14 heavy (non-hydrogen) atoms. The summed E-state index contributed by atoms with van der Waals surface area (Å²) in [5.41, 5.74) is 3.76. The van der Waals surface area contributed by atoms with Gasteiger partial charge < -0.3 is 17.9 Å². The lowest BCUT2D eigenvalue weighted by Gasteiger charge is -2.32. The molecule has 0 fully saturated rings. The van der Waals surface area contributed by atoms with Gasteiger partial charge in [0, 0.05) is 5.69 Å². The molecule has 1 aliphatic rings.